The minimum absolute atomic E-state index is 0.0764. The van der Waals surface area contributed by atoms with Crippen molar-refractivity contribution in [3.63, 3.8) is 0 Å². The van der Waals surface area contributed by atoms with Gasteiger partial charge in [0, 0.05) is 34.7 Å². The van der Waals surface area contributed by atoms with Crippen molar-refractivity contribution in [2.45, 2.75) is 50.2 Å². The van der Waals surface area contributed by atoms with Gasteiger partial charge in [-0.05, 0) is 72.9 Å². The highest BCUT2D eigenvalue weighted by atomic mass is 28.4. The summed E-state index contributed by atoms with van der Waals surface area (Å²) in [6.45, 7) is 5.88. The molecule has 2 amide bonds. The number of fused-ring (bicyclic) bond motifs is 2. The number of methoxy groups -OCH3 is 1. The highest BCUT2D eigenvalue weighted by Crippen LogP contribution is 2.60. The lowest BCUT2D eigenvalue weighted by Gasteiger charge is -2.32. The molecule has 3 heterocycles. The van der Waals surface area contributed by atoms with Crippen molar-refractivity contribution in [1.29, 1.82) is 0 Å². The van der Waals surface area contributed by atoms with Crippen LogP contribution in [0.15, 0.2) is 78.9 Å². The van der Waals surface area contributed by atoms with E-state index in [0.717, 1.165) is 33.4 Å². The van der Waals surface area contributed by atoms with Gasteiger partial charge in [0.1, 0.15) is 5.75 Å². The summed E-state index contributed by atoms with van der Waals surface area (Å²) in [6, 6.07) is 25.1. The average molecular weight is 609 g/mol. The van der Waals surface area contributed by atoms with Crippen molar-refractivity contribution in [1.82, 2.24) is 0 Å². The molecular formula is C35H36N2O6Si. The van der Waals surface area contributed by atoms with Crippen LogP contribution >= 0.6 is 0 Å². The Hall–Kier alpha value is -4.02. The van der Waals surface area contributed by atoms with Crippen LogP contribution in [0.5, 0.6) is 5.75 Å². The smallest absolute Gasteiger partial charge is 0.264 e. The van der Waals surface area contributed by atoms with E-state index in [1.54, 1.807) is 16.9 Å². The van der Waals surface area contributed by atoms with Crippen molar-refractivity contribution in [2.24, 2.45) is 5.92 Å². The number of aliphatic hydroxyl groups excluding tert-OH is 1. The third-order valence-electron chi connectivity index (χ3n) is 9.67. The molecule has 0 aromatic heterocycles. The number of carbonyl (C=O) groups excluding carboxylic acids is 2. The number of benzene rings is 4. The molecule has 226 valence electrons. The van der Waals surface area contributed by atoms with Gasteiger partial charge in [-0.1, -0.05) is 43.3 Å². The van der Waals surface area contributed by atoms with E-state index in [4.69, 9.17) is 9.47 Å². The van der Waals surface area contributed by atoms with Crippen molar-refractivity contribution in [3.8, 4) is 5.75 Å². The van der Waals surface area contributed by atoms with Crippen molar-refractivity contribution in [3.05, 3.63) is 95.6 Å². The maximum atomic E-state index is 14.7. The van der Waals surface area contributed by atoms with Gasteiger partial charge in [-0.25, -0.2) is 0 Å². The van der Waals surface area contributed by atoms with Crippen LogP contribution in [0.3, 0.4) is 0 Å². The van der Waals surface area contributed by atoms with Gasteiger partial charge in [-0.3, -0.25) is 14.5 Å². The number of anilines is 3. The Labute approximate surface area is 257 Å². The third-order valence-corrected chi connectivity index (χ3v) is 12.2. The molecular weight excluding hydrogens is 572 g/mol. The number of hydrogen-bond donors (Lipinski definition) is 2. The topological polar surface area (TPSA) is 99.5 Å². The monoisotopic (exact) mass is 608 g/mol. The second kappa shape index (κ2) is 10.3. The average Bonchev–Trinajstić information content (AvgIpc) is 3.56. The Bertz CT molecular complexity index is 1810. The molecule has 7 rings (SSSR count). The predicted molar refractivity (Wildman–Crippen MR) is 172 cm³/mol. The van der Waals surface area contributed by atoms with Crippen LogP contribution in [0.4, 0.5) is 17.1 Å². The minimum atomic E-state index is -2.80. The predicted octanol–water partition coefficient (Wildman–Crippen LogP) is 5.87. The molecule has 3 aliphatic rings. The molecule has 8 nitrogen and oxygen atoms in total. The van der Waals surface area contributed by atoms with Crippen LogP contribution in [0, 0.1) is 5.92 Å². The molecule has 4 aromatic rings. The first-order valence-electron chi connectivity index (χ1n) is 15.1. The van der Waals surface area contributed by atoms with Gasteiger partial charge >= 0.3 is 0 Å². The zero-order valence-electron chi connectivity index (χ0n) is 25.3. The van der Waals surface area contributed by atoms with Gasteiger partial charge in [-0.15, -0.1) is 0 Å². The molecule has 1 fully saturated rings. The number of aliphatic hydroxyl groups is 1. The van der Waals surface area contributed by atoms with E-state index < -0.39 is 20.0 Å². The quantitative estimate of drug-likeness (QED) is 0.255. The van der Waals surface area contributed by atoms with Gasteiger partial charge in [0.2, 0.25) is 0 Å². The fourth-order valence-electron chi connectivity index (χ4n) is 7.89. The number of nitrogens with zero attached hydrogens (tertiary/aromatic N) is 2. The maximum Gasteiger partial charge on any atom is 0.264 e. The SMILES string of the molecule is COc1ccc2c(c1)[C@@]1(O[C@H](CCO)[C@@H]([Si](C)(C)O)[C@@H]1C)C(=O)N2Cc1cccc(N2C(=O)c3cccc4cccc2c34)c1. The normalized spacial score (nSPS) is 24.2. The molecule has 0 saturated carbocycles. The van der Waals surface area contributed by atoms with Crippen molar-refractivity contribution < 1.29 is 29.0 Å². The van der Waals surface area contributed by atoms with Crippen molar-refractivity contribution >= 4 is 48.0 Å². The van der Waals surface area contributed by atoms with Gasteiger partial charge in [0.25, 0.3) is 11.8 Å². The fourth-order valence-corrected chi connectivity index (χ4v) is 10.5. The molecule has 0 bridgehead atoms. The summed E-state index contributed by atoms with van der Waals surface area (Å²) in [4.78, 5) is 43.1. The van der Waals surface area contributed by atoms with Gasteiger partial charge in [0.05, 0.1) is 36.7 Å². The number of carbonyl (C=O) groups is 2. The second-order valence-electron chi connectivity index (χ2n) is 12.6. The Balaban J connectivity index is 1.28. The zero-order chi connectivity index (χ0) is 31.0. The third kappa shape index (κ3) is 4.07. The van der Waals surface area contributed by atoms with E-state index in [-0.39, 0.29) is 36.4 Å². The molecule has 4 aromatic carbocycles. The Morgan fingerprint density at radius 3 is 2.45 bits per heavy atom. The number of ether oxygens (including phenoxy) is 2. The highest BCUT2D eigenvalue weighted by molar-refractivity contribution is 6.71. The summed E-state index contributed by atoms with van der Waals surface area (Å²) in [5.74, 6) is 0.00503. The summed E-state index contributed by atoms with van der Waals surface area (Å²) < 4.78 is 12.3. The molecule has 44 heavy (non-hydrogen) atoms. The highest BCUT2D eigenvalue weighted by Gasteiger charge is 2.66. The van der Waals surface area contributed by atoms with Crippen LogP contribution in [-0.4, -0.2) is 49.9 Å². The number of amides is 2. The summed E-state index contributed by atoms with van der Waals surface area (Å²) in [6.07, 6.45) is -0.125. The minimum Gasteiger partial charge on any atom is -0.497 e. The van der Waals surface area contributed by atoms with E-state index in [1.807, 2.05) is 98.9 Å². The fraction of sp³-hybridized carbons (Fsp3) is 0.314. The van der Waals surface area contributed by atoms with E-state index in [1.165, 1.54) is 0 Å². The van der Waals surface area contributed by atoms with E-state index in [0.29, 0.717) is 23.3 Å². The first kappa shape index (κ1) is 28.7. The summed E-state index contributed by atoms with van der Waals surface area (Å²) in [5.41, 5.74) is 2.98. The molecule has 0 unspecified atom stereocenters. The molecule has 3 aliphatic heterocycles. The first-order chi connectivity index (χ1) is 21.1. The molecule has 0 aliphatic carbocycles. The van der Waals surface area contributed by atoms with E-state index >= 15 is 0 Å². The van der Waals surface area contributed by atoms with Crippen LogP contribution in [0.25, 0.3) is 10.8 Å². The van der Waals surface area contributed by atoms with E-state index in [2.05, 4.69) is 0 Å². The summed E-state index contributed by atoms with van der Waals surface area (Å²) in [7, 11) is -1.21. The standard InChI is InChI=1S/C35H36N2O6Si/c1-21-32(44(3,4)41)30(16-17-38)43-35(21)27-19-25(42-2)14-15-28(27)36(34(35)40)20-22-8-5-11-24(18-22)37-29-13-7-10-23-9-6-12-26(31(23)29)33(37)39/h5-15,18-19,21,30,32,38,41H,16-17,20H2,1-4H3/t21-,30+,32-,35+/m0/s1. The first-order valence-corrected chi connectivity index (χ1v) is 18.1. The van der Waals surface area contributed by atoms with Gasteiger partial charge in [-0.2, -0.15) is 0 Å². The Morgan fingerprint density at radius 1 is 0.977 bits per heavy atom. The Kier molecular flexibility index (Phi) is 6.71. The largest absolute Gasteiger partial charge is 0.497 e. The summed E-state index contributed by atoms with van der Waals surface area (Å²) in [5, 5.41) is 11.8. The van der Waals surface area contributed by atoms with Crippen LogP contribution in [0.2, 0.25) is 18.6 Å². The lowest BCUT2D eigenvalue weighted by molar-refractivity contribution is -0.146. The zero-order valence-corrected chi connectivity index (χ0v) is 26.3. The summed E-state index contributed by atoms with van der Waals surface area (Å²) >= 11 is 0. The van der Waals surface area contributed by atoms with Crippen LogP contribution in [-0.2, 0) is 21.7 Å². The molecule has 0 radical (unpaired) electrons. The Morgan fingerprint density at radius 2 is 1.73 bits per heavy atom. The lowest BCUT2D eigenvalue weighted by atomic mass is 9.82. The van der Waals surface area contributed by atoms with Crippen LogP contribution in [0.1, 0.15) is 34.8 Å². The molecule has 2 N–H and O–H groups in total. The van der Waals surface area contributed by atoms with Gasteiger partial charge in [0.15, 0.2) is 13.9 Å². The van der Waals surface area contributed by atoms with Crippen molar-refractivity contribution in [2.75, 3.05) is 23.5 Å². The molecule has 1 spiro atoms. The number of hydrogen-bond acceptors (Lipinski definition) is 6. The maximum absolute atomic E-state index is 14.7. The second-order valence-corrected chi connectivity index (χ2v) is 16.6. The molecule has 9 heteroatoms. The lowest BCUT2D eigenvalue weighted by Crippen LogP contribution is -2.46. The molecule has 1 saturated heterocycles. The van der Waals surface area contributed by atoms with Crippen LogP contribution < -0.4 is 14.5 Å². The van der Waals surface area contributed by atoms with E-state index in [9.17, 15) is 19.5 Å². The molecule has 4 atom stereocenters. The number of rotatable bonds is 7. The van der Waals surface area contributed by atoms with Gasteiger partial charge < -0.3 is 24.3 Å².